The lowest BCUT2D eigenvalue weighted by Crippen LogP contribution is -2.39. The molecule has 1 amide bonds. The number of hydrogen-bond donors (Lipinski definition) is 1. The lowest BCUT2D eigenvalue weighted by atomic mass is 9.90. The van der Waals surface area contributed by atoms with Crippen LogP contribution < -0.4 is 0 Å². The molecular weight excluding hydrogens is 386 g/mol. The Bertz CT molecular complexity index is 1030. The third-order valence-corrected chi connectivity index (χ3v) is 5.16. The van der Waals surface area contributed by atoms with Crippen molar-refractivity contribution in [3.63, 3.8) is 0 Å². The molecule has 30 heavy (non-hydrogen) atoms. The van der Waals surface area contributed by atoms with Crippen molar-refractivity contribution in [1.82, 2.24) is 14.5 Å². The molecule has 4 rings (SSSR count). The second-order valence-electron chi connectivity index (χ2n) is 6.93. The minimum Gasteiger partial charge on any atom is -0.483 e. The predicted octanol–water partition coefficient (Wildman–Crippen LogP) is 2.84. The summed E-state index contributed by atoms with van der Waals surface area (Å²) < 4.78 is 6.49. The fourth-order valence-corrected chi connectivity index (χ4v) is 3.68. The number of pyridine rings is 1. The van der Waals surface area contributed by atoms with E-state index in [1.807, 2.05) is 41.4 Å². The van der Waals surface area contributed by atoms with Crippen molar-refractivity contribution in [1.29, 1.82) is 0 Å². The summed E-state index contributed by atoms with van der Waals surface area (Å²) in [4.78, 5) is 34.8. The number of fused-ring (bicyclic) bond motifs is 1. The molecule has 1 N–H and O–H groups in total. The molecule has 3 aromatic rings. The zero-order valence-corrected chi connectivity index (χ0v) is 16.6. The molecule has 1 saturated heterocycles. The van der Waals surface area contributed by atoms with Crippen LogP contribution in [-0.2, 0) is 9.53 Å². The molecule has 156 valence electrons. The average molecular weight is 409 g/mol. The second kappa shape index (κ2) is 9.69. The van der Waals surface area contributed by atoms with Gasteiger partial charge in [0.2, 0.25) is 0 Å². The normalized spacial score (nSPS) is 15.8. The van der Waals surface area contributed by atoms with Crippen LogP contribution in [0.4, 0.5) is 0 Å². The maximum atomic E-state index is 13.0. The second-order valence-corrected chi connectivity index (χ2v) is 6.93. The van der Waals surface area contributed by atoms with Crippen LogP contribution in [0.15, 0.2) is 54.9 Å². The summed E-state index contributed by atoms with van der Waals surface area (Å²) in [5, 5.41) is 11.1. The largest absolute Gasteiger partial charge is 0.483 e. The highest BCUT2D eigenvalue weighted by Gasteiger charge is 2.26. The van der Waals surface area contributed by atoms with E-state index in [1.165, 1.54) is 7.11 Å². The summed E-state index contributed by atoms with van der Waals surface area (Å²) in [6.07, 6.45) is 5.53. The van der Waals surface area contributed by atoms with E-state index >= 15 is 0 Å². The zero-order valence-electron chi connectivity index (χ0n) is 16.6. The summed E-state index contributed by atoms with van der Waals surface area (Å²) >= 11 is 0. The topological polar surface area (TPSA) is 101 Å². The van der Waals surface area contributed by atoms with Gasteiger partial charge >= 0.3 is 5.97 Å². The Hall–Kier alpha value is -3.68. The number of esters is 1. The van der Waals surface area contributed by atoms with Crippen LogP contribution >= 0.6 is 0 Å². The highest BCUT2D eigenvalue weighted by atomic mass is 16.5. The van der Waals surface area contributed by atoms with Crippen LogP contribution in [0, 0.1) is 0 Å². The number of piperidine rings is 1. The number of carbonyl (C=O) groups excluding carboxylic acids is 2. The molecule has 2 aromatic heterocycles. The van der Waals surface area contributed by atoms with Gasteiger partial charge < -0.3 is 14.7 Å². The van der Waals surface area contributed by atoms with E-state index in [2.05, 4.69) is 5.10 Å². The summed E-state index contributed by atoms with van der Waals surface area (Å²) in [6.45, 7) is 1.20. The summed E-state index contributed by atoms with van der Waals surface area (Å²) in [5.41, 5.74) is 3.28. The van der Waals surface area contributed by atoms with E-state index in [9.17, 15) is 9.59 Å². The van der Waals surface area contributed by atoms with Crippen molar-refractivity contribution >= 4 is 23.9 Å². The molecule has 1 fully saturated rings. The van der Waals surface area contributed by atoms with Crippen molar-refractivity contribution < 1.29 is 24.2 Å². The number of likely N-dealkylation sites (tertiary alicyclic amines) is 1. The highest BCUT2D eigenvalue weighted by molar-refractivity contribution is 5.95. The molecular formula is C22H23N3O5. The number of benzene rings is 1. The summed E-state index contributed by atoms with van der Waals surface area (Å²) in [5.74, 6) is -0.0139. The van der Waals surface area contributed by atoms with Crippen molar-refractivity contribution in [3.8, 4) is 0 Å². The molecule has 1 atom stereocenters. The van der Waals surface area contributed by atoms with Gasteiger partial charge in [-0.15, -0.1) is 0 Å². The summed E-state index contributed by atoms with van der Waals surface area (Å²) in [6, 6.07) is 13.1. The number of carbonyl (C=O) groups is 3. The minimum atomic E-state index is -0.336. The van der Waals surface area contributed by atoms with Crippen LogP contribution in [0.3, 0.4) is 0 Å². The zero-order chi connectivity index (χ0) is 21.5. The first-order valence-corrected chi connectivity index (χ1v) is 9.56. The fourth-order valence-electron chi connectivity index (χ4n) is 3.68. The first-order chi connectivity index (χ1) is 14.6. The first kappa shape index (κ1) is 21.0. The number of hydrogen-bond acceptors (Lipinski definition) is 5. The molecule has 8 nitrogen and oxygen atoms in total. The van der Waals surface area contributed by atoms with Crippen LogP contribution in [0.25, 0.3) is 5.52 Å². The van der Waals surface area contributed by atoms with E-state index in [1.54, 1.807) is 22.8 Å². The molecule has 0 aliphatic carbocycles. The van der Waals surface area contributed by atoms with Crippen LogP contribution in [0.2, 0.25) is 0 Å². The molecule has 8 heteroatoms. The van der Waals surface area contributed by atoms with Crippen LogP contribution in [-0.4, -0.2) is 58.2 Å². The number of ether oxygens (including phenoxy) is 1. The van der Waals surface area contributed by atoms with E-state index in [-0.39, 0.29) is 24.3 Å². The number of amides is 1. The van der Waals surface area contributed by atoms with Gasteiger partial charge in [-0.2, -0.15) is 5.10 Å². The molecule has 0 saturated carbocycles. The molecule has 0 spiro atoms. The fraction of sp³-hybridized carbons (Fsp3) is 0.273. The van der Waals surface area contributed by atoms with E-state index < -0.39 is 0 Å². The van der Waals surface area contributed by atoms with Gasteiger partial charge in [0.25, 0.3) is 12.4 Å². The lowest BCUT2D eigenvalue weighted by Gasteiger charge is -2.33. The summed E-state index contributed by atoms with van der Waals surface area (Å²) in [7, 11) is 1.38. The average Bonchev–Trinajstić information content (AvgIpc) is 3.27. The predicted molar refractivity (Wildman–Crippen MR) is 110 cm³/mol. The van der Waals surface area contributed by atoms with Gasteiger partial charge in [-0.25, -0.2) is 9.31 Å². The van der Waals surface area contributed by atoms with Gasteiger partial charge in [-0.1, -0.05) is 12.1 Å². The molecule has 0 bridgehead atoms. The van der Waals surface area contributed by atoms with Crippen molar-refractivity contribution in [2.45, 2.75) is 18.8 Å². The van der Waals surface area contributed by atoms with Gasteiger partial charge in [0.05, 0.1) is 18.2 Å². The van der Waals surface area contributed by atoms with Crippen molar-refractivity contribution in [3.05, 3.63) is 71.5 Å². The molecule has 1 aliphatic rings. The van der Waals surface area contributed by atoms with Crippen LogP contribution in [0.1, 0.15) is 45.0 Å². The third-order valence-electron chi connectivity index (χ3n) is 5.16. The SMILES string of the molecule is COC(=O)c1ccc(C2CCCN(C(=O)c3ccn4nccc4c3)C2)cc1.O=CO. The van der Waals surface area contributed by atoms with Crippen LogP contribution in [0.5, 0.6) is 0 Å². The minimum absolute atomic E-state index is 0.0505. The quantitative estimate of drug-likeness (QED) is 0.527. The highest BCUT2D eigenvalue weighted by Crippen LogP contribution is 2.28. The van der Waals surface area contributed by atoms with E-state index in [0.717, 1.165) is 30.5 Å². The molecule has 1 aromatic carbocycles. The van der Waals surface area contributed by atoms with Gasteiger partial charge in [-0.3, -0.25) is 9.59 Å². The molecule has 0 radical (unpaired) electrons. The van der Waals surface area contributed by atoms with Gasteiger partial charge in [0.1, 0.15) is 0 Å². The Kier molecular flexibility index (Phi) is 6.79. The van der Waals surface area contributed by atoms with Gasteiger partial charge in [0.15, 0.2) is 0 Å². The van der Waals surface area contributed by atoms with Gasteiger partial charge in [0, 0.05) is 37.0 Å². The smallest absolute Gasteiger partial charge is 0.337 e. The maximum absolute atomic E-state index is 13.0. The first-order valence-electron chi connectivity index (χ1n) is 9.56. The number of rotatable bonds is 3. The standard InChI is InChI=1S/C21H21N3O3.CH2O2/c1-27-21(26)16-6-4-15(5-7-16)18-3-2-11-23(14-18)20(25)17-9-12-24-19(13-17)8-10-22-24;2-1-3/h4-10,12-13,18H,2-3,11,14H2,1H3;1H,(H,2,3). The molecule has 1 unspecified atom stereocenters. The maximum Gasteiger partial charge on any atom is 0.337 e. The van der Waals surface area contributed by atoms with Crippen molar-refractivity contribution in [2.75, 3.05) is 20.2 Å². The van der Waals surface area contributed by atoms with Crippen molar-refractivity contribution in [2.24, 2.45) is 0 Å². The van der Waals surface area contributed by atoms with Gasteiger partial charge in [-0.05, 0) is 48.7 Å². The Balaban J connectivity index is 0.000000806. The number of methoxy groups -OCH3 is 1. The number of nitrogens with zero attached hydrogens (tertiary/aromatic N) is 3. The monoisotopic (exact) mass is 409 g/mol. The Morgan fingerprint density at radius 3 is 2.60 bits per heavy atom. The van der Waals surface area contributed by atoms with E-state index in [0.29, 0.717) is 17.7 Å². The third kappa shape index (κ3) is 4.65. The molecule has 3 heterocycles. The number of carboxylic acid groups (broad SMARTS) is 1. The van der Waals surface area contributed by atoms with E-state index in [4.69, 9.17) is 14.6 Å². The Morgan fingerprint density at radius 2 is 1.90 bits per heavy atom. The number of aromatic nitrogens is 2. The lowest BCUT2D eigenvalue weighted by molar-refractivity contribution is -0.122. The molecule has 1 aliphatic heterocycles. The Morgan fingerprint density at radius 1 is 1.17 bits per heavy atom. The Labute approximate surface area is 173 Å².